The number of halogens is 1. The Morgan fingerprint density at radius 1 is 1.00 bits per heavy atom. The standard InChI is InChI=1S/C30H20ClN5O4/c1-19-25(29(37)34(30(38)26(19)16-32)17-21-9-5-6-10-27(21)31)15-22-18-35(23-11-13-24(14-12-23)36(39)40)33-28(22)20-7-3-2-4-8-20/h2-15,18H,17H2,1H3/b25-15+. The smallest absolute Gasteiger partial charge is 0.269 e. The van der Waals surface area contributed by atoms with E-state index in [-0.39, 0.29) is 29.0 Å². The van der Waals surface area contributed by atoms with Crippen molar-refractivity contribution in [1.82, 2.24) is 14.7 Å². The van der Waals surface area contributed by atoms with E-state index in [1.54, 1.807) is 60.3 Å². The van der Waals surface area contributed by atoms with Crippen LogP contribution in [-0.2, 0) is 16.1 Å². The molecule has 5 rings (SSSR count). The summed E-state index contributed by atoms with van der Waals surface area (Å²) in [6.45, 7) is 1.47. The summed E-state index contributed by atoms with van der Waals surface area (Å²) in [5, 5.41) is 26.0. The summed E-state index contributed by atoms with van der Waals surface area (Å²) >= 11 is 6.29. The number of carbonyl (C=O) groups excluding carboxylic acids is 2. The van der Waals surface area contributed by atoms with Crippen LogP contribution in [0.3, 0.4) is 0 Å². The number of rotatable bonds is 6. The molecule has 0 saturated carbocycles. The summed E-state index contributed by atoms with van der Waals surface area (Å²) in [7, 11) is 0. The summed E-state index contributed by atoms with van der Waals surface area (Å²) < 4.78 is 1.56. The monoisotopic (exact) mass is 549 g/mol. The molecule has 1 aromatic heterocycles. The maximum atomic E-state index is 13.7. The summed E-state index contributed by atoms with van der Waals surface area (Å²) in [4.78, 5) is 38.5. The number of imide groups is 1. The van der Waals surface area contributed by atoms with Crippen molar-refractivity contribution < 1.29 is 14.5 Å². The molecule has 0 bridgehead atoms. The highest BCUT2D eigenvalue weighted by atomic mass is 35.5. The Labute approximate surface area is 234 Å². The molecule has 3 aromatic carbocycles. The molecule has 40 heavy (non-hydrogen) atoms. The highest BCUT2D eigenvalue weighted by molar-refractivity contribution is 6.31. The Bertz CT molecular complexity index is 1770. The van der Waals surface area contributed by atoms with Gasteiger partial charge in [-0.15, -0.1) is 0 Å². The normalized spacial score (nSPS) is 14.5. The number of nitro benzene ring substituents is 1. The van der Waals surface area contributed by atoms with Gasteiger partial charge in [0, 0.05) is 40.1 Å². The van der Waals surface area contributed by atoms with Gasteiger partial charge in [0.2, 0.25) is 0 Å². The molecule has 1 aliphatic heterocycles. The number of nitro groups is 1. The number of aromatic nitrogens is 2. The highest BCUT2D eigenvalue weighted by Gasteiger charge is 2.36. The van der Waals surface area contributed by atoms with Gasteiger partial charge in [0.05, 0.1) is 22.8 Å². The van der Waals surface area contributed by atoms with Gasteiger partial charge in [-0.3, -0.25) is 24.6 Å². The number of benzene rings is 3. The number of nitriles is 1. The van der Waals surface area contributed by atoms with Crippen molar-refractivity contribution in [2.75, 3.05) is 0 Å². The van der Waals surface area contributed by atoms with Gasteiger partial charge in [0.1, 0.15) is 11.6 Å². The van der Waals surface area contributed by atoms with E-state index in [0.29, 0.717) is 27.5 Å². The molecule has 0 spiro atoms. The number of non-ortho nitro benzene ring substituents is 1. The zero-order valence-corrected chi connectivity index (χ0v) is 21.9. The third-order valence-corrected chi connectivity index (χ3v) is 6.90. The molecule has 0 aliphatic carbocycles. The summed E-state index contributed by atoms with van der Waals surface area (Å²) in [5.74, 6) is -1.25. The minimum atomic E-state index is -0.688. The molecule has 4 aromatic rings. The molecular formula is C30H20ClN5O4. The minimum Gasteiger partial charge on any atom is -0.269 e. The zero-order chi connectivity index (χ0) is 28.4. The van der Waals surface area contributed by atoms with Crippen molar-refractivity contribution in [3.05, 3.63) is 128 Å². The van der Waals surface area contributed by atoms with Gasteiger partial charge in [0.15, 0.2) is 0 Å². The van der Waals surface area contributed by atoms with Crippen LogP contribution in [-0.4, -0.2) is 31.4 Å². The van der Waals surface area contributed by atoms with Crippen LogP contribution in [0.15, 0.2) is 102 Å². The number of carbonyl (C=O) groups is 2. The molecule has 2 heterocycles. The van der Waals surface area contributed by atoms with Gasteiger partial charge in [0.25, 0.3) is 17.5 Å². The minimum absolute atomic E-state index is 0.0533. The van der Waals surface area contributed by atoms with E-state index in [1.165, 1.54) is 12.1 Å². The van der Waals surface area contributed by atoms with Crippen LogP contribution >= 0.6 is 11.6 Å². The number of nitrogens with zero attached hydrogens (tertiary/aromatic N) is 5. The van der Waals surface area contributed by atoms with Crippen LogP contribution in [0.1, 0.15) is 18.1 Å². The molecule has 0 unspecified atom stereocenters. The lowest BCUT2D eigenvalue weighted by Crippen LogP contribution is -2.42. The quantitative estimate of drug-likeness (QED) is 0.128. The summed E-state index contributed by atoms with van der Waals surface area (Å²) in [6.07, 6.45) is 3.30. The molecule has 0 saturated heterocycles. The van der Waals surface area contributed by atoms with Crippen LogP contribution in [0.5, 0.6) is 0 Å². The molecule has 0 radical (unpaired) electrons. The first-order valence-electron chi connectivity index (χ1n) is 12.1. The Morgan fingerprint density at radius 2 is 1.68 bits per heavy atom. The molecule has 1 aliphatic rings. The van der Waals surface area contributed by atoms with Crippen LogP contribution in [0.2, 0.25) is 5.02 Å². The molecule has 0 atom stereocenters. The first-order chi connectivity index (χ1) is 19.3. The zero-order valence-electron chi connectivity index (χ0n) is 21.1. The average molecular weight is 550 g/mol. The SMILES string of the molecule is CC1=C(C#N)C(=O)N(Cc2ccccc2Cl)C(=O)/C1=C/c1cn(-c2ccc([N+](=O)[O-])cc2)nc1-c1ccccc1. The molecule has 9 nitrogen and oxygen atoms in total. The predicted octanol–water partition coefficient (Wildman–Crippen LogP) is 5.89. The Morgan fingerprint density at radius 3 is 2.33 bits per heavy atom. The van der Waals surface area contributed by atoms with E-state index in [4.69, 9.17) is 16.7 Å². The Balaban J connectivity index is 1.64. The summed E-state index contributed by atoms with van der Waals surface area (Å²) in [5.41, 5.74) is 3.24. The van der Waals surface area contributed by atoms with Crippen molar-refractivity contribution in [3.63, 3.8) is 0 Å². The van der Waals surface area contributed by atoms with Gasteiger partial charge in [-0.2, -0.15) is 10.4 Å². The summed E-state index contributed by atoms with van der Waals surface area (Å²) in [6, 6.07) is 24.0. The average Bonchev–Trinajstić information content (AvgIpc) is 3.39. The van der Waals surface area contributed by atoms with E-state index in [0.717, 1.165) is 10.5 Å². The van der Waals surface area contributed by atoms with E-state index < -0.39 is 16.7 Å². The number of hydrogen-bond acceptors (Lipinski definition) is 6. The van der Waals surface area contributed by atoms with Gasteiger partial charge in [-0.1, -0.05) is 60.1 Å². The number of amides is 2. The van der Waals surface area contributed by atoms with Gasteiger partial charge < -0.3 is 0 Å². The van der Waals surface area contributed by atoms with E-state index >= 15 is 0 Å². The Kier molecular flexibility index (Phi) is 7.10. The fourth-order valence-corrected chi connectivity index (χ4v) is 4.59. The maximum absolute atomic E-state index is 13.7. The largest absolute Gasteiger partial charge is 0.271 e. The second kappa shape index (κ2) is 10.8. The van der Waals surface area contributed by atoms with Gasteiger partial charge in [-0.25, -0.2) is 4.68 Å². The van der Waals surface area contributed by atoms with Crippen molar-refractivity contribution in [3.8, 4) is 23.0 Å². The van der Waals surface area contributed by atoms with Gasteiger partial charge in [-0.05, 0) is 42.3 Å². The van der Waals surface area contributed by atoms with Crippen LogP contribution in [0.25, 0.3) is 23.0 Å². The lowest BCUT2D eigenvalue weighted by molar-refractivity contribution is -0.384. The second-order valence-electron chi connectivity index (χ2n) is 8.97. The molecular weight excluding hydrogens is 530 g/mol. The van der Waals surface area contributed by atoms with Crippen molar-refractivity contribution >= 4 is 35.2 Å². The fourth-order valence-electron chi connectivity index (χ4n) is 4.40. The molecule has 0 N–H and O–H groups in total. The van der Waals surface area contributed by atoms with Crippen molar-refractivity contribution in [2.45, 2.75) is 13.5 Å². The lowest BCUT2D eigenvalue weighted by atomic mass is 9.93. The molecule has 196 valence electrons. The van der Waals surface area contributed by atoms with E-state index in [9.17, 15) is 25.0 Å². The van der Waals surface area contributed by atoms with E-state index in [2.05, 4.69) is 0 Å². The Hall–Kier alpha value is -5.33. The molecule has 0 fully saturated rings. The van der Waals surface area contributed by atoms with Gasteiger partial charge >= 0.3 is 0 Å². The maximum Gasteiger partial charge on any atom is 0.271 e. The predicted molar refractivity (Wildman–Crippen MR) is 149 cm³/mol. The first-order valence-corrected chi connectivity index (χ1v) is 12.5. The van der Waals surface area contributed by atoms with Crippen molar-refractivity contribution in [2.24, 2.45) is 0 Å². The molecule has 2 amide bonds. The third kappa shape index (κ3) is 4.91. The van der Waals surface area contributed by atoms with Crippen LogP contribution < -0.4 is 0 Å². The topological polar surface area (TPSA) is 122 Å². The van der Waals surface area contributed by atoms with Crippen molar-refractivity contribution in [1.29, 1.82) is 5.26 Å². The first kappa shape index (κ1) is 26.3. The molecule has 10 heteroatoms. The lowest BCUT2D eigenvalue weighted by Gasteiger charge is -2.27. The fraction of sp³-hybridized carbons (Fsp3) is 0.0667. The second-order valence-corrected chi connectivity index (χ2v) is 9.38. The van der Waals surface area contributed by atoms with Crippen LogP contribution in [0, 0.1) is 21.4 Å². The number of hydrogen-bond donors (Lipinski definition) is 0. The van der Waals surface area contributed by atoms with E-state index in [1.807, 2.05) is 36.4 Å². The third-order valence-electron chi connectivity index (χ3n) is 6.53. The van der Waals surface area contributed by atoms with Crippen LogP contribution in [0.4, 0.5) is 5.69 Å². The highest BCUT2D eigenvalue weighted by Crippen LogP contribution is 2.32.